The zero-order valence-corrected chi connectivity index (χ0v) is 20.2. The summed E-state index contributed by atoms with van der Waals surface area (Å²) in [5, 5.41) is 3.67. The number of piperidine rings is 1. The van der Waals surface area contributed by atoms with E-state index >= 15 is 0 Å². The highest BCUT2D eigenvalue weighted by atomic mass is 19.1. The highest BCUT2D eigenvalue weighted by Crippen LogP contribution is 2.40. The summed E-state index contributed by atoms with van der Waals surface area (Å²) >= 11 is 0. The molecule has 1 aromatic carbocycles. The summed E-state index contributed by atoms with van der Waals surface area (Å²) in [7, 11) is 3.21. The number of fused-ring (bicyclic) bond motifs is 2. The van der Waals surface area contributed by atoms with Crippen LogP contribution in [0.1, 0.15) is 24.0 Å². The van der Waals surface area contributed by atoms with Crippen LogP contribution in [0, 0.1) is 5.82 Å². The Hall–Kier alpha value is -3.17. The molecular weight excluding hydrogens is 451 g/mol. The molecule has 5 rings (SSSR count). The van der Waals surface area contributed by atoms with Crippen LogP contribution in [0.3, 0.4) is 0 Å². The topological polar surface area (TPSA) is 78.0 Å². The molecule has 2 aliphatic heterocycles. The molecule has 35 heavy (non-hydrogen) atoms. The maximum atomic E-state index is 14.6. The minimum Gasteiger partial charge on any atom is -0.493 e. The van der Waals surface area contributed by atoms with E-state index in [2.05, 4.69) is 20.2 Å². The van der Waals surface area contributed by atoms with Crippen molar-refractivity contribution in [3.63, 3.8) is 0 Å². The molecule has 1 saturated heterocycles. The molecule has 8 nitrogen and oxygen atoms in total. The summed E-state index contributed by atoms with van der Waals surface area (Å²) in [6.07, 6.45) is 3.94. The van der Waals surface area contributed by atoms with Crippen LogP contribution in [0.25, 0.3) is 11.0 Å². The Morgan fingerprint density at radius 3 is 2.74 bits per heavy atom. The summed E-state index contributed by atoms with van der Waals surface area (Å²) in [6.45, 7) is 4.52. The van der Waals surface area contributed by atoms with Crippen molar-refractivity contribution < 1.29 is 23.3 Å². The molecule has 0 bridgehead atoms. The maximum absolute atomic E-state index is 14.6. The molecule has 2 aliphatic rings. The summed E-state index contributed by atoms with van der Waals surface area (Å²) < 4.78 is 36.7. The third kappa shape index (κ3) is 5.26. The van der Waals surface area contributed by atoms with Gasteiger partial charge in [-0.05, 0) is 56.1 Å². The number of methoxy groups -OCH3 is 2. The molecular formula is C26H31FN4O4. The highest BCUT2D eigenvalue weighted by Gasteiger charge is 2.22. The van der Waals surface area contributed by atoms with Crippen molar-refractivity contribution in [1.29, 1.82) is 0 Å². The van der Waals surface area contributed by atoms with E-state index in [0.717, 1.165) is 50.3 Å². The third-order valence-corrected chi connectivity index (χ3v) is 6.70. The van der Waals surface area contributed by atoms with E-state index in [4.69, 9.17) is 18.9 Å². The lowest BCUT2D eigenvalue weighted by Gasteiger charge is -2.32. The number of likely N-dealkylation sites (tertiary alicyclic amines) is 1. The van der Waals surface area contributed by atoms with Gasteiger partial charge in [-0.3, -0.25) is 4.98 Å². The number of pyridine rings is 2. The fraction of sp³-hybridized carbons (Fsp3) is 0.462. The molecule has 0 atom stereocenters. The Morgan fingerprint density at radius 1 is 1.11 bits per heavy atom. The predicted molar refractivity (Wildman–Crippen MR) is 130 cm³/mol. The summed E-state index contributed by atoms with van der Waals surface area (Å²) in [4.78, 5) is 11.0. The number of hydrogen-bond donors (Lipinski definition) is 1. The van der Waals surface area contributed by atoms with Crippen LogP contribution in [0.5, 0.6) is 23.1 Å². The molecule has 1 fully saturated rings. The Morgan fingerprint density at radius 2 is 1.94 bits per heavy atom. The molecule has 1 N–H and O–H groups in total. The zero-order chi connectivity index (χ0) is 24.2. The van der Waals surface area contributed by atoms with Gasteiger partial charge in [-0.1, -0.05) is 0 Å². The average Bonchev–Trinajstić information content (AvgIpc) is 2.91. The van der Waals surface area contributed by atoms with Crippen molar-refractivity contribution in [1.82, 2.24) is 20.2 Å². The van der Waals surface area contributed by atoms with Crippen molar-refractivity contribution in [2.24, 2.45) is 0 Å². The van der Waals surface area contributed by atoms with Crippen LogP contribution in [0.4, 0.5) is 4.39 Å². The first-order valence-electron chi connectivity index (χ1n) is 12.0. The average molecular weight is 483 g/mol. The number of ether oxygens (including phenoxy) is 4. The largest absolute Gasteiger partial charge is 0.493 e. The van der Waals surface area contributed by atoms with Gasteiger partial charge in [0, 0.05) is 30.8 Å². The van der Waals surface area contributed by atoms with Crippen molar-refractivity contribution in [2.75, 3.05) is 47.1 Å². The molecule has 0 amide bonds. The van der Waals surface area contributed by atoms with Gasteiger partial charge in [0.25, 0.3) is 0 Å². The Kier molecular flexibility index (Phi) is 7.15. The fourth-order valence-corrected chi connectivity index (χ4v) is 4.75. The molecule has 2 aromatic heterocycles. The van der Waals surface area contributed by atoms with Crippen LogP contribution in [0.15, 0.2) is 30.5 Å². The van der Waals surface area contributed by atoms with Gasteiger partial charge in [0.2, 0.25) is 11.6 Å². The minimum atomic E-state index is -0.315. The monoisotopic (exact) mass is 482 g/mol. The van der Waals surface area contributed by atoms with Crippen LogP contribution in [0.2, 0.25) is 0 Å². The first-order chi connectivity index (χ1) is 17.1. The van der Waals surface area contributed by atoms with Gasteiger partial charge in [0.1, 0.15) is 19.0 Å². The Bertz CT molecular complexity index is 1170. The van der Waals surface area contributed by atoms with E-state index in [1.54, 1.807) is 20.3 Å². The van der Waals surface area contributed by atoms with Gasteiger partial charge >= 0.3 is 0 Å². The SMILES string of the molecule is COc1ccc2ncc(F)c(CCN3CCC(NCc4cc(OC)c5c(c4)OCCO5)CC3)c2n1. The predicted octanol–water partition coefficient (Wildman–Crippen LogP) is 3.35. The number of benzene rings is 1. The molecule has 0 saturated carbocycles. The molecule has 0 spiro atoms. The number of nitrogens with one attached hydrogen (secondary N) is 1. The molecule has 0 radical (unpaired) electrons. The second-order valence-electron chi connectivity index (χ2n) is 8.88. The van der Waals surface area contributed by atoms with Gasteiger partial charge in [-0.15, -0.1) is 0 Å². The zero-order valence-electron chi connectivity index (χ0n) is 20.2. The molecule has 3 aromatic rings. The van der Waals surface area contributed by atoms with E-state index in [1.807, 2.05) is 18.2 Å². The molecule has 9 heteroatoms. The van der Waals surface area contributed by atoms with Crippen molar-refractivity contribution in [2.45, 2.75) is 31.8 Å². The molecule has 0 aliphatic carbocycles. The van der Waals surface area contributed by atoms with E-state index in [0.29, 0.717) is 59.7 Å². The van der Waals surface area contributed by atoms with Crippen molar-refractivity contribution in [3.8, 4) is 23.1 Å². The first kappa shape index (κ1) is 23.6. The van der Waals surface area contributed by atoms with Crippen LogP contribution >= 0.6 is 0 Å². The molecule has 4 heterocycles. The lowest BCUT2D eigenvalue weighted by molar-refractivity contribution is 0.164. The summed E-state index contributed by atoms with van der Waals surface area (Å²) in [5.74, 6) is 2.28. The van der Waals surface area contributed by atoms with Gasteiger partial charge in [0.15, 0.2) is 11.5 Å². The lowest BCUT2D eigenvalue weighted by atomic mass is 10.0. The lowest BCUT2D eigenvalue weighted by Crippen LogP contribution is -2.42. The number of nitrogens with zero attached hydrogens (tertiary/aromatic N) is 3. The van der Waals surface area contributed by atoms with Crippen LogP contribution in [-0.4, -0.2) is 68.0 Å². The van der Waals surface area contributed by atoms with E-state index in [-0.39, 0.29) is 5.82 Å². The van der Waals surface area contributed by atoms with E-state index in [9.17, 15) is 4.39 Å². The third-order valence-electron chi connectivity index (χ3n) is 6.70. The maximum Gasteiger partial charge on any atom is 0.213 e. The Balaban J connectivity index is 1.15. The first-order valence-corrected chi connectivity index (χ1v) is 12.0. The standard InChI is InChI=1S/C26H31FN4O4/c1-32-22-13-17(14-23-26(22)35-12-11-34-23)15-28-18-5-8-31(9-6-18)10-7-19-20(27)16-29-21-3-4-24(33-2)30-25(19)21/h3-4,13-14,16,18,28H,5-12,15H2,1-2H3. The number of halogens is 1. The summed E-state index contributed by atoms with van der Waals surface area (Å²) in [5.41, 5.74) is 2.97. The summed E-state index contributed by atoms with van der Waals surface area (Å²) in [6, 6.07) is 8.02. The normalized spacial score (nSPS) is 16.4. The van der Waals surface area contributed by atoms with Crippen molar-refractivity contribution in [3.05, 3.63) is 47.4 Å². The number of aromatic nitrogens is 2. The highest BCUT2D eigenvalue weighted by molar-refractivity contribution is 5.78. The number of hydrogen-bond acceptors (Lipinski definition) is 8. The van der Waals surface area contributed by atoms with E-state index in [1.165, 1.54) is 6.20 Å². The minimum absolute atomic E-state index is 0.315. The van der Waals surface area contributed by atoms with Gasteiger partial charge < -0.3 is 29.2 Å². The Labute approximate surface area is 204 Å². The fourth-order valence-electron chi connectivity index (χ4n) is 4.75. The smallest absolute Gasteiger partial charge is 0.213 e. The van der Waals surface area contributed by atoms with Crippen LogP contribution in [-0.2, 0) is 13.0 Å². The van der Waals surface area contributed by atoms with Crippen molar-refractivity contribution >= 4 is 11.0 Å². The molecule has 186 valence electrons. The second kappa shape index (κ2) is 10.6. The number of rotatable bonds is 8. The van der Waals surface area contributed by atoms with Gasteiger partial charge in [-0.2, -0.15) is 0 Å². The molecule has 0 unspecified atom stereocenters. The van der Waals surface area contributed by atoms with E-state index < -0.39 is 0 Å². The second-order valence-corrected chi connectivity index (χ2v) is 8.88. The van der Waals surface area contributed by atoms with Crippen LogP contribution < -0.4 is 24.3 Å². The van der Waals surface area contributed by atoms with Gasteiger partial charge in [0.05, 0.1) is 31.4 Å². The quantitative estimate of drug-likeness (QED) is 0.524. The van der Waals surface area contributed by atoms with Gasteiger partial charge in [-0.25, -0.2) is 9.37 Å².